The highest BCUT2D eigenvalue weighted by molar-refractivity contribution is 6.01. The monoisotopic (exact) mass is 360 g/mol. The number of benzene rings is 1. The Hall–Kier alpha value is -3.46. The molecule has 1 aliphatic carbocycles. The lowest BCUT2D eigenvalue weighted by atomic mass is 9.75. The molecule has 2 heterocycles. The number of nitrogens with zero attached hydrogens (tertiary/aromatic N) is 3. The zero-order chi connectivity index (χ0) is 19.0. The Balaban J connectivity index is 1.96. The van der Waals surface area contributed by atoms with Gasteiger partial charge in [-0.3, -0.25) is 14.7 Å². The average Bonchev–Trinajstić information content (AvgIpc) is 2.69. The summed E-state index contributed by atoms with van der Waals surface area (Å²) < 4.78 is 13.4. The fourth-order valence-corrected chi connectivity index (χ4v) is 3.86. The van der Waals surface area contributed by atoms with Crippen molar-refractivity contribution in [1.82, 2.24) is 4.98 Å². The SMILES string of the molecule is N#CC1=C(N)N(c2cccnc2)C2=C(C(=O)CCC2)C1c1ccc(F)cc1. The molecule has 1 aromatic carbocycles. The first-order valence-corrected chi connectivity index (χ1v) is 8.73. The van der Waals surface area contributed by atoms with Crippen LogP contribution in [0.3, 0.4) is 0 Å². The largest absolute Gasteiger partial charge is 0.384 e. The second-order valence-electron chi connectivity index (χ2n) is 6.58. The molecule has 2 N–H and O–H groups in total. The number of Topliss-reactive ketones (excluding diaryl/α,β-unsaturated/α-hetero) is 1. The Morgan fingerprint density at radius 1 is 1.22 bits per heavy atom. The Labute approximate surface area is 156 Å². The van der Waals surface area contributed by atoms with Crippen LogP contribution < -0.4 is 10.6 Å². The zero-order valence-corrected chi connectivity index (χ0v) is 14.5. The highest BCUT2D eigenvalue weighted by Crippen LogP contribution is 2.45. The average molecular weight is 360 g/mol. The molecular weight excluding hydrogens is 343 g/mol. The summed E-state index contributed by atoms with van der Waals surface area (Å²) in [5, 5.41) is 9.85. The van der Waals surface area contributed by atoms with Gasteiger partial charge in [-0.15, -0.1) is 0 Å². The van der Waals surface area contributed by atoms with Gasteiger partial charge in [-0.25, -0.2) is 4.39 Å². The van der Waals surface area contributed by atoms with Gasteiger partial charge in [0.05, 0.1) is 29.4 Å². The van der Waals surface area contributed by atoms with Crippen LogP contribution in [0.1, 0.15) is 30.7 Å². The summed E-state index contributed by atoms with van der Waals surface area (Å²) in [6.07, 6.45) is 5.13. The van der Waals surface area contributed by atoms with Crippen molar-refractivity contribution in [3.63, 3.8) is 0 Å². The lowest BCUT2D eigenvalue weighted by molar-refractivity contribution is -0.116. The van der Waals surface area contributed by atoms with Gasteiger partial charge < -0.3 is 5.73 Å². The summed E-state index contributed by atoms with van der Waals surface area (Å²) in [4.78, 5) is 18.8. The maximum absolute atomic E-state index is 13.4. The summed E-state index contributed by atoms with van der Waals surface area (Å²) in [6, 6.07) is 11.7. The topological polar surface area (TPSA) is 83.0 Å². The molecule has 1 aliphatic heterocycles. The number of hydrogen-bond donors (Lipinski definition) is 1. The van der Waals surface area contributed by atoms with Gasteiger partial charge in [0.15, 0.2) is 5.78 Å². The number of anilines is 1. The maximum atomic E-state index is 13.4. The molecule has 1 unspecified atom stereocenters. The van der Waals surface area contributed by atoms with E-state index in [4.69, 9.17) is 5.73 Å². The third-order valence-corrected chi connectivity index (χ3v) is 5.02. The molecule has 0 saturated heterocycles. The number of carbonyl (C=O) groups excluding carboxylic acids is 1. The Kier molecular flexibility index (Phi) is 4.21. The predicted molar refractivity (Wildman–Crippen MR) is 98.6 cm³/mol. The molecule has 2 aliphatic rings. The lowest BCUT2D eigenvalue weighted by Gasteiger charge is -2.39. The molecule has 1 aromatic heterocycles. The van der Waals surface area contributed by atoms with E-state index in [0.717, 1.165) is 12.1 Å². The van der Waals surface area contributed by atoms with Crippen molar-refractivity contribution in [3.8, 4) is 6.07 Å². The van der Waals surface area contributed by atoms with Crippen molar-refractivity contribution in [2.24, 2.45) is 5.73 Å². The fraction of sp³-hybridized carbons (Fsp3) is 0.190. The maximum Gasteiger partial charge on any atom is 0.161 e. The van der Waals surface area contributed by atoms with Crippen LogP contribution in [0.4, 0.5) is 10.1 Å². The number of nitriles is 1. The van der Waals surface area contributed by atoms with Crippen molar-refractivity contribution in [3.05, 3.63) is 82.8 Å². The highest BCUT2D eigenvalue weighted by Gasteiger charge is 2.40. The molecule has 2 aromatic rings. The second kappa shape index (κ2) is 6.69. The normalized spacial score (nSPS) is 19.8. The van der Waals surface area contributed by atoms with Gasteiger partial charge in [0.2, 0.25) is 0 Å². The first-order chi connectivity index (χ1) is 13.1. The molecule has 0 radical (unpaired) electrons. The summed E-state index contributed by atoms with van der Waals surface area (Å²) in [5.41, 5.74) is 9.47. The summed E-state index contributed by atoms with van der Waals surface area (Å²) in [6.45, 7) is 0. The summed E-state index contributed by atoms with van der Waals surface area (Å²) in [7, 11) is 0. The van der Waals surface area contributed by atoms with Crippen LogP contribution in [0.15, 0.2) is 71.5 Å². The number of carbonyl (C=O) groups is 1. The van der Waals surface area contributed by atoms with Gasteiger partial charge in [0, 0.05) is 23.9 Å². The first kappa shape index (κ1) is 17.0. The molecule has 27 heavy (non-hydrogen) atoms. The minimum Gasteiger partial charge on any atom is -0.384 e. The quantitative estimate of drug-likeness (QED) is 0.886. The van der Waals surface area contributed by atoms with Crippen LogP contribution in [0.5, 0.6) is 0 Å². The minimum atomic E-state index is -0.577. The van der Waals surface area contributed by atoms with Crippen LogP contribution in [0.25, 0.3) is 0 Å². The van der Waals surface area contributed by atoms with Crippen molar-refractivity contribution in [1.29, 1.82) is 5.26 Å². The summed E-state index contributed by atoms with van der Waals surface area (Å²) in [5.74, 6) is -0.662. The third kappa shape index (κ3) is 2.77. The van der Waals surface area contributed by atoms with Gasteiger partial charge in [-0.05, 0) is 42.7 Å². The molecule has 0 amide bonds. The molecule has 134 valence electrons. The lowest BCUT2D eigenvalue weighted by Crippen LogP contribution is -2.38. The molecule has 0 spiro atoms. The van der Waals surface area contributed by atoms with E-state index in [1.54, 1.807) is 35.5 Å². The number of hydrogen-bond acceptors (Lipinski definition) is 5. The molecule has 0 bridgehead atoms. The molecule has 1 atom stereocenters. The smallest absolute Gasteiger partial charge is 0.161 e. The number of allylic oxidation sites excluding steroid dienone is 3. The van der Waals surface area contributed by atoms with Gasteiger partial charge in [-0.2, -0.15) is 5.26 Å². The number of nitrogens with two attached hydrogens (primary N) is 1. The van der Waals surface area contributed by atoms with Gasteiger partial charge in [0.25, 0.3) is 0 Å². The van der Waals surface area contributed by atoms with Crippen LogP contribution >= 0.6 is 0 Å². The Morgan fingerprint density at radius 3 is 2.67 bits per heavy atom. The van der Waals surface area contributed by atoms with E-state index in [1.807, 2.05) is 6.07 Å². The Bertz CT molecular complexity index is 1000. The third-order valence-electron chi connectivity index (χ3n) is 5.02. The van der Waals surface area contributed by atoms with E-state index >= 15 is 0 Å². The van der Waals surface area contributed by atoms with Crippen molar-refractivity contribution >= 4 is 11.5 Å². The van der Waals surface area contributed by atoms with Crippen LogP contribution in [-0.4, -0.2) is 10.8 Å². The molecule has 0 saturated carbocycles. The van der Waals surface area contributed by atoms with Crippen LogP contribution in [-0.2, 0) is 4.79 Å². The number of rotatable bonds is 2. The van der Waals surface area contributed by atoms with Crippen molar-refractivity contribution in [2.45, 2.75) is 25.2 Å². The second-order valence-corrected chi connectivity index (χ2v) is 6.58. The number of aromatic nitrogens is 1. The molecule has 0 fully saturated rings. The first-order valence-electron chi connectivity index (χ1n) is 8.73. The van der Waals surface area contributed by atoms with Crippen LogP contribution in [0.2, 0.25) is 0 Å². The predicted octanol–water partition coefficient (Wildman–Crippen LogP) is 3.53. The van der Waals surface area contributed by atoms with Gasteiger partial charge >= 0.3 is 0 Å². The number of ketones is 1. The molecule has 5 nitrogen and oxygen atoms in total. The van der Waals surface area contributed by atoms with E-state index in [-0.39, 0.29) is 17.4 Å². The molecule has 6 heteroatoms. The molecular formula is C21H17FN4O. The number of halogens is 1. The van der Waals surface area contributed by atoms with E-state index < -0.39 is 5.92 Å². The highest BCUT2D eigenvalue weighted by atomic mass is 19.1. The van der Waals surface area contributed by atoms with Crippen LogP contribution in [0, 0.1) is 17.1 Å². The van der Waals surface area contributed by atoms with Gasteiger partial charge in [-0.1, -0.05) is 12.1 Å². The zero-order valence-electron chi connectivity index (χ0n) is 14.5. The standard InChI is InChI=1S/C21H17FN4O/c22-14-8-6-13(7-9-14)19-16(11-23)21(24)26(15-3-2-10-25-12-15)17-4-1-5-18(27)20(17)19/h2-3,6-10,12,19H,1,4-5,24H2. The van der Waals surface area contributed by atoms with E-state index in [9.17, 15) is 14.4 Å². The molecule has 4 rings (SSSR count). The minimum absolute atomic E-state index is 0.000264. The van der Waals surface area contributed by atoms with E-state index in [2.05, 4.69) is 11.1 Å². The van der Waals surface area contributed by atoms with Crippen molar-refractivity contribution < 1.29 is 9.18 Å². The van der Waals surface area contributed by atoms with E-state index in [1.165, 1.54) is 12.1 Å². The van der Waals surface area contributed by atoms with E-state index in [0.29, 0.717) is 35.2 Å². The Morgan fingerprint density at radius 2 is 2.00 bits per heavy atom. The van der Waals surface area contributed by atoms with Gasteiger partial charge in [0.1, 0.15) is 11.6 Å². The summed E-state index contributed by atoms with van der Waals surface area (Å²) >= 11 is 0. The number of pyridine rings is 1. The fourth-order valence-electron chi connectivity index (χ4n) is 3.86. The van der Waals surface area contributed by atoms with Crippen molar-refractivity contribution in [2.75, 3.05) is 4.90 Å².